The number of piperidine rings is 1. The number of ether oxygens (including phenoxy) is 1. The first kappa shape index (κ1) is 20.7. The number of halogens is 1. The lowest BCUT2D eigenvalue weighted by atomic mass is 10.0. The number of aromatic nitrogens is 2. The maximum absolute atomic E-state index is 12.8. The third-order valence-electron chi connectivity index (χ3n) is 5.56. The summed E-state index contributed by atoms with van der Waals surface area (Å²) in [4.78, 5) is 14.8. The number of carbonyl (C=O) groups is 1. The molecule has 1 N–H and O–H groups in total. The van der Waals surface area contributed by atoms with Gasteiger partial charge in [0.15, 0.2) is 5.69 Å². The topological polar surface area (TPSA) is 59.4 Å². The normalized spacial score (nSPS) is 17.3. The Bertz CT molecular complexity index is 810. The first-order valence-electron chi connectivity index (χ1n) is 9.87. The predicted octanol–water partition coefficient (Wildman–Crippen LogP) is 3.22. The molecule has 1 saturated carbocycles. The monoisotopic (exact) mass is 404 g/mol. The van der Waals surface area contributed by atoms with Crippen LogP contribution in [0.25, 0.3) is 5.69 Å². The fourth-order valence-electron chi connectivity index (χ4n) is 3.66. The van der Waals surface area contributed by atoms with Gasteiger partial charge in [0.05, 0.1) is 7.11 Å². The van der Waals surface area contributed by atoms with Crippen LogP contribution in [0.4, 0.5) is 0 Å². The number of nitrogens with one attached hydrogen (secondary N) is 1. The fourth-order valence-corrected chi connectivity index (χ4v) is 3.66. The van der Waals surface area contributed by atoms with Crippen LogP contribution in [0.5, 0.6) is 5.75 Å². The van der Waals surface area contributed by atoms with Crippen molar-refractivity contribution in [2.24, 2.45) is 5.92 Å². The second kappa shape index (κ2) is 8.97. The van der Waals surface area contributed by atoms with Crippen LogP contribution in [0.2, 0.25) is 0 Å². The van der Waals surface area contributed by atoms with Crippen molar-refractivity contribution in [1.82, 2.24) is 20.0 Å². The maximum atomic E-state index is 12.8. The standard InChI is InChI=1S/C21H28N4O2.ClH/c1-15-3-6-20(27-2)19(13-15)25-12-9-18(23-25)21(26)24-10-7-17(8-11-24)22-14-16-4-5-16;/h3,6,9,12-13,16-17,22H,4-5,7-8,10-11,14H2,1-2H3;1H. The van der Waals surface area contributed by atoms with Gasteiger partial charge in [-0.15, -0.1) is 12.4 Å². The Hall–Kier alpha value is -2.05. The van der Waals surface area contributed by atoms with E-state index in [1.54, 1.807) is 17.9 Å². The van der Waals surface area contributed by atoms with Crippen LogP contribution in [-0.4, -0.2) is 53.4 Å². The smallest absolute Gasteiger partial charge is 0.274 e. The second-order valence-electron chi connectivity index (χ2n) is 7.74. The average molecular weight is 405 g/mol. The van der Waals surface area contributed by atoms with Gasteiger partial charge >= 0.3 is 0 Å². The molecule has 2 aromatic rings. The Morgan fingerprint density at radius 1 is 1.21 bits per heavy atom. The van der Waals surface area contributed by atoms with Crippen LogP contribution in [0.15, 0.2) is 30.5 Å². The van der Waals surface area contributed by atoms with Gasteiger partial charge in [0.25, 0.3) is 5.91 Å². The van der Waals surface area contributed by atoms with E-state index < -0.39 is 0 Å². The molecule has 1 saturated heterocycles. The quantitative estimate of drug-likeness (QED) is 0.803. The van der Waals surface area contributed by atoms with Crippen LogP contribution >= 0.6 is 12.4 Å². The summed E-state index contributed by atoms with van der Waals surface area (Å²) >= 11 is 0. The molecular formula is C21H29ClN4O2. The molecule has 28 heavy (non-hydrogen) atoms. The minimum Gasteiger partial charge on any atom is -0.494 e. The molecule has 0 spiro atoms. The first-order chi connectivity index (χ1) is 13.1. The van der Waals surface area contributed by atoms with Gasteiger partial charge in [-0.1, -0.05) is 6.07 Å². The number of carbonyl (C=O) groups excluding carboxylic acids is 1. The molecule has 0 atom stereocenters. The number of nitrogens with zero attached hydrogens (tertiary/aromatic N) is 3. The number of hydrogen-bond acceptors (Lipinski definition) is 4. The highest BCUT2D eigenvalue weighted by Crippen LogP contribution is 2.28. The third kappa shape index (κ3) is 4.67. The van der Waals surface area contributed by atoms with Crippen LogP contribution in [0.3, 0.4) is 0 Å². The van der Waals surface area contributed by atoms with E-state index in [4.69, 9.17) is 4.74 Å². The molecule has 0 radical (unpaired) electrons. The second-order valence-corrected chi connectivity index (χ2v) is 7.74. The zero-order valence-corrected chi connectivity index (χ0v) is 17.4. The number of likely N-dealkylation sites (tertiary alicyclic amines) is 1. The lowest BCUT2D eigenvalue weighted by Crippen LogP contribution is -2.45. The SMILES string of the molecule is COc1ccc(C)cc1-n1ccc(C(=O)N2CCC(NCC3CC3)CC2)n1.Cl. The van der Waals surface area contributed by atoms with E-state index in [0.717, 1.165) is 55.4 Å². The van der Waals surface area contributed by atoms with Crippen molar-refractivity contribution in [1.29, 1.82) is 0 Å². The summed E-state index contributed by atoms with van der Waals surface area (Å²) in [5, 5.41) is 8.18. The van der Waals surface area contributed by atoms with Crippen molar-refractivity contribution in [2.45, 2.75) is 38.6 Å². The molecule has 4 rings (SSSR count). The summed E-state index contributed by atoms with van der Waals surface area (Å²) in [6.45, 7) is 4.75. The van der Waals surface area contributed by atoms with Gasteiger partial charge in [-0.3, -0.25) is 4.79 Å². The number of amides is 1. The summed E-state index contributed by atoms with van der Waals surface area (Å²) in [6.07, 6.45) is 6.61. The zero-order chi connectivity index (χ0) is 18.8. The van der Waals surface area contributed by atoms with Gasteiger partial charge < -0.3 is 15.0 Å². The van der Waals surface area contributed by atoms with Crippen LogP contribution < -0.4 is 10.1 Å². The maximum Gasteiger partial charge on any atom is 0.274 e. The van der Waals surface area contributed by atoms with E-state index in [2.05, 4.69) is 10.4 Å². The van der Waals surface area contributed by atoms with Crippen molar-refractivity contribution in [2.75, 3.05) is 26.7 Å². The Morgan fingerprint density at radius 2 is 1.96 bits per heavy atom. The number of methoxy groups -OCH3 is 1. The molecule has 7 heteroatoms. The highest BCUT2D eigenvalue weighted by molar-refractivity contribution is 5.92. The minimum atomic E-state index is 0. The van der Waals surface area contributed by atoms with Gasteiger partial charge in [-0.05, 0) is 68.8 Å². The minimum absolute atomic E-state index is 0. The van der Waals surface area contributed by atoms with E-state index in [0.29, 0.717) is 11.7 Å². The summed E-state index contributed by atoms with van der Waals surface area (Å²) in [6, 6.07) is 8.27. The molecule has 1 aliphatic heterocycles. The molecule has 2 aliphatic rings. The van der Waals surface area contributed by atoms with Crippen molar-refractivity contribution in [3.8, 4) is 11.4 Å². The molecule has 1 amide bonds. The Balaban J connectivity index is 0.00000225. The average Bonchev–Trinajstić information content (AvgIpc) is 3.40. The fraction of sp³-hybridized carbons (Fsp3) is 0.524. The third-order valence-corrected chi connectivity index (χ3v) is 5.56. The highest BCUT2D eigenvalue weighted by atomic mass is 35.5. The Kier molecular flexibility index (Phi) is 6.62. The van der Waals surface area contributed by atoms with E-state index >= 15 is 0 Å². The largest absolute Gasteiger partial charge is 0.494 e. The number of aryl methyl sites for hydroxylation is 1. The molecule has 1 aromatic carbocycles. The van der Waals surface area contributed by atoms with E-state index in [1.165, 1.54) is 12.8 Å². The van der Waals surface area contributed by atoms with Gasteiger partial charge in [-0.25, -0.2) is 4.68 Å². The van der Waals surface area contributed by atoms with Crippen molar-refractivity contribution >= 4 is 18.3 Å². The van der Waals surface area contributed by atoms with Crippen molar-refractivity contribution in [3.05, 3.63) is 41.7 Å². The molecule has 152 valence electrons. The van der Waals surface area contributed by atoms with Gasteiger partial charge in [0.1, 0.15) is 11.4 Å². The molecule has 2 heterocycles. The lowest BCUT2D eigenvalue weighted by Gasteiger charge is -2.32. The molecule has 2 fully saturated rings. The molecule has 6 nitrogen and oxygen atoms in total. The summed E-state index contributed by atoms with van der Waals surface area (Å²) in [5.74, 6) is 1.65. The van der Waals surface area contributed by atoms with Crippen molar-refractivity contribution < 1.29 is 9.53 Å². The molecule has 0 bridgehead atoms. The molecule has 1 aliphatic carbocycles. The zero-order valence-electron chi connectivity index (χ0n) is 16.6. The van der Waals surface area contributed by atoms with Gasteiger partial charge in [0.2, 0.25) is 0 Å². The van der Waals surface area contributed by atoms with E-state index in [1.807, 2.05) is 36.2 Å². The van der Waals surface area contributed by atoms with E-state index in [9.17, 15) is 4.79 Å². The Labute approximate surface area is 172 Å². The van der Waals surface area contributed by atoms with Gasteiger partial charge in [-0.2, -0.15) is 5.10 Å². The summed E-state index contributed by atoms with van der Waals surface area (Å²) in [5.41, 5.74) is 2.46. The number of hydrogen-bond donors (Lipinski definition) is 1. The van der Waals surface area contributed by atoms with Crippen LogP contribution in [-0.2, 0) is 0 Å². The number of rotatable bonds is 6. The number of benzene rings is 1. The summed E-state index contributed by atoms with van der Waals surface area (Å²) in [7, 11) is 1.64. The molecule has 1 aromatic heterocycles. The van der Waals surface area contributed by atoms with Crippen LogP contribution in [0.1, 0.15) is 41.7 Å². The van der Waals surface area contributed by atoms with Crippen molar-refractivity contribution in [3.63, 3.8) is 0 Å². The van der Waals surface area contributed by atoms with E-state index in [-0.39, 0.29) is 18.3 Å². The highest BCUT2D eigenvalue weighted by Gasteiger charge is 2.27. The van der Waals surface area contributed by atoms with Gasteiger partial charge in [0, 0.05) is 25.3 Å². The molecule has 0 unspecified atom stereocenters. The first-order valence-corrected chi connectivity index (χ1v) is 9.87. The summed E-state index contributed by atoms with van der Waals surface area (Å²) < 4.78 is 7.16. The lowest BCUT2D eigenvalue weighted by molar-refractivity contribution is 0.0698. The van der Waals surface area contributed by atoms with Crippen LogP contribution in [0, 0.1) is 12.8 Å². The Morgan fingerprint density at radius 3 is 2.64 bits per heavy atom. The molecular weight excluding hydrogens is 376 g/mol. The predicted molar refractivity (Wildman–Crippen MR) is 112 cm³/mol.